The molecule has 0 atom stereocenters. The molecule has 0 unspecified atom stereocenters. The van der Waals surface area contributed by atoms with Crippen LogP contribution in [-0.2, 0) is 14.8 Å². The van der Waals surface area contributed by atoms with Crippen molar-refractivity contribution in [2.24, 2.45) is 0 Å². The summed E-state index contributed by atoms with van der Waals surface area (Å²) in [6.45, 7) is 8.29. The molecule has 2 aliphatic rings. The van der Waals surface area contributed by atoms with E-state index in [2.05, 4.69) is 29.2 Å². The van der Waals surface area contributed by atoms with E-state index in [4.69, 9.17) is 4.74 Å². The highest BCUT2D eigenvalue weighted by Crippen LogP contribution is 2.32. The average Bonchev–Trinajstić information content (AvgIpc) is 2.89. The molecule has 0 saturated carbocycles. The number of rotatable bonds is 7. The fraction of sp³-hybridized carbons (Fsp3) is 0.500. The molecule has 8 heteroatoms. The monoisotopic (exact) mass is 485 g/mol. The molecule has 34 heavy (non-hydrogen) atoms. The number of hydrogen-bond donors (Lipinski definition) is 0. The molecule has 2 heterocycles. The van der Waals surface area contributed by atoms with E-state index in [9.17, 15) is 13.2 Å². The normalized spacial score (nSPS) is 17.9. The van der Waals surface area contributed by atoms with Gasteiger partial charge in [-0.05, 0) is 42.5 Å². The Hall–Kier alpha value is -2.42. The van der Waals surface area contributed by atoms with Gasteiger partial charge in [-0.2, -0.15) is 4.31 Å². The number of anilines is 1. The number of likely N-dealkylation sites (tertiary alicyclic amines) is 1. The number of nitrogens with zero attached hydrogens (tertiary/aromatic N) is 3. The van der Waals surface area contributed by atoms with Gasteiger partial charge in [-0.3, -0.25) is 4.79 Å². The zero-order valence-electron chi connectivity index (χ0n) is 20.2. The van der Waals surface area contributed by atoms with Crippen molar-refractivity contribution >= 4 is 21.6 Å². The van der Waals surface area contributed by atoms with Crippen LogP contribution in [0.4, 0.5) is 5.69 Å². The van der Waals surface area contributed by atoms with Gasteiger partial charge in [0.1, 0.15) is 0 Å². The Balaban J connectivity index is 1.62. The van der Waals surface area contributed by atoms with Crippen LogP contribution in [-0.4, -0.2) is 76.0 Å². The van der Waals surface area contributed by atoms with Crippen molar-refractivity contribution in [2.45, 2.75) is 37.5 Å². The van der Waals surface area contributed by atoms with Crippen molar-refractivity contribution < 1.29 is 17.9 Å². The Morgan fingerprint density at radius 1 is 0.971 bits per heavy atom. The van der Waals surface area contributed by atoms with Gasteiger partial charge in [0.15, 0.2) is 0 Å². The second-order valence-corrected chi connectivity index (χ2v) is 10.8. The molecular formula is C26H35N3O4S. The van der Waals surface area contributed by atoms with Crippen molar-refractivity contribution in [2.75, 3.05) is 57.4 Å². The molecule has 4 rings (SSSR count). The minimum Gasteiger partial charge on any atom is -0.378 e. The van der Waals surface area contributed by atoms with E-state index in [1.54, 1.807) is 18.2 Å². The van der Waals surface area contributed by atoms with E-state index in [-0.39, 0.29) is 10.8 Å². The molecule has 2 aromatic rings. The topological polar surface area (TPSA) is 70.2 Å². The van der Waals surface area contributed by atoms with Crippen LogP contribution in [0.2, 0.25) is 0 Å². The summed E-state index contributed by atoms with van der Waals surface area (Å²) >= 11 is 0. The van der Waals surface area contributed by atoms with E-state index < -0.39 is 10.0 Å². The number of benzene rings is 2. The largest absolute Gasteiger partial charge is 0.378 e. The Bertz CT molecular complexity index is 1070. The van der Waals surface area contributed by atoms with Gasteiger partial charge in [0, 0.05) is 45.0 Å². The van der Waals surface area contributed by atoms with Crippen molar-refractivity contribution in [3.05, 3.63) is 59.7 Å². The summed E-state index contributed by atoms with van der Waals surface area (Å²) in [6.07, 6.45) is 1.81. The van der Waals surface area contributed by atoms with Gasteiger partial charge in [0.25, 0.3) is 5.91 Å². The minimum absolute atomic E-state index is 0.0930. The third kappa shape index (κ3) is 5.14. The van der Waals surface area contributed by atoms with Crippen LogP contribution in [0.25, 0.3) is 0 Å². The molecule has 0 aromatic heterocycles. The van der Waals surface area contributed by atoms with Gasteiger partial charge < -0.3 is 14.5 Å². The van der Waals surface area contributed by atoms with Crippen LogP contribution in [0.15, 0.2) is 53.4 Å². The molecular weight excluding hydrogens is 450 g/mol. The average molecular weight is 486 g/mol. The lowest BCUT2D eigenvalue weighted by Gasteiger charge is -2.35. The van der Waals surface area contributed by atoms with E-state index in [1.165, 1.54) is 9.87 Å². The maximum absolute atomic E-state index is 13.8. The maximum atomic E-state index is 13.8. The standard InChI is InChI=1S/C26H35N3O4S/c1-3-29(4-2)34(31,32)23-10-11-25(27-16-18-33-19-17-27)24(20-23)26(30)28-14-12-22(13-15-28)21-8-6-5-7-9-21/h5-11,20,22H,3-4,12-19H2,1-2H3. The van der Waals surface area contributed by atoms with Gasteiger partial charge in [-0.25, -0.2) is 8.42 Å². The van der Waals surface area contributed by atoms with Gasteiger partial charge in [-0.15, -0.1) is 0 Å². The SMILES string of the molecule is CCN(CC)S(=O)(=O)c1ccc(N2CCOCC2)c(C(=O)N2CCC(c3ccccc3)CC2)c1. The molecule has 0 spiro atoms. The first-order valence-corrected chi connectivity index (χ1v) is 13.7. The summed E-state index contributed by atoms with van der Waals surface area (Å²) in [6, 6.07) is 15.5. The molecule has 1 amide bonds. The molecule has 2 saturated heterocycles. The van der Waals surface area contributed by atoms with Gasteiger partial charge >= 0.3 is 0 Å². The smallest absolute Gasteiger partial charge is 0.256 e. The zero-order chi connectivity index (χ0) is 24.1. The predicted octanol–water partition coefficient (Wildman–Crippen LogP) is 3.57. The Labute approximate surface area is 203 Å². The van der Waals surface area contributed by atoms with Crippen molar-refractivity contribution in [3.8, 4) is 0 Å². The first-order chi connectivity index (χ1) is 16.5. The first-order valence-electron chi connectivity index (χ1n) is 12.3. The van der Waals surface area contributed by atoms with Crippen LogP contribution in [0, 0.1) is 0 Å². The highest BCUT2D eigenvalue weighted by atomic mass is 32.2. The van der Waals surface area contributed by atoms with E-state index >= 15 is 0 Å². The second kappa shape index (κ2) is 10.9. The molecule has 7 nitrogen and oxygen atoms in total. The van der Waals surface area contributed by atoms with Crippen LogP contribution in [0.1, 0.15) is 48.5 Å². The minimum atomic E-state index is -3.66. The Morgan fingerprint density at radius 3 is 2.24 bits per heavy atom. The lowest BCUT2D eigenvalue weighted by Crippen LogP contribution is -2.41. The van der Waals surface area contributed by atoms with E-state index in [0.717, 1.165) is 18.5 Å². The van der Waals surface area contributed by atoms with E-state index in [0.29, 0.717) is 64.0 Å². The molecule has 2 aliphatic heterocycles. The number of piperidine rings is 1. The fourth-order valence-electron chi connectivity index (χ4n) is 4.95. The van der Waals surface area contributed by atoms with Crippen molar-refractivity contribution in [1.82, 2.24) is 9.21 Å². The number of amides is 1. The number of hydrogen-bond acceptors (Lipinski definition) is 5. The summed E-state index contributed by atoms with van der Waals surface area (Å²) in [5.41, 5.74) is 2.57. The summed E-state index contributed by atoms with van der Waals surface area (Å²) < 4.78 is 33.3. The quantitative estimate of drug-likeness (QED) is 0.600. The number of carbonyl (C=O) groups is 1. The lowest BCUT2D eigenvalue weighted by molar-refractivity contribution is 0.0712. The zero-order valence-corrected chi connectivity index (χ0v) is 21.0. The van der Waals surface area contributed by atoms with Crippen LogP contribution in [0.5, 0.6) is 0 Å². The number of morpholine rings is 1. The molecule has 0 bridgehead atoms. The molecule has 2 fully saturated rings. The molecule has 0 radical (unpaired) electrons. The summed E-state index contributed by atoms with van der Waals surface area (Å²) in [4.78, 5) is 17.9. The molecule has 0 aliphatic carbocycles. The Kier molecular flexibility index (Phi) is 7.91. The van der Waals surface area contributed by atoms with Crippen LogP contribution < -0.4 is 4.90 Å². The number of carbonyl (C=O) groups excluding carboxylic acids is 1. The summed E-state index contributed by atoms with van der Waals surface area (Å²) in [5, 5.41) is 0. The van der Waals surface area contributed by atoms with Gasteiger partial charge in [0.05, 0.1) is 23.7 Å². The molecule has 184 valence electrons. The predicted molar refractivity (Wildman–Crippen MR) is 134 cm³/mol. The Morgan fingerprint density at radius 2 is 1.62 bits per heavy atom. The molecule has 0 N–H and O–H groups in total. The van der Waals surface area contributed by atoms with Gasteiger partial charge in [-0.1, -0.05) is 44.2 Å². The third-order valence-corrected chi connectivity index (χ3v) is 8.99. The van der Waals surface area contributed by atoms with Crippen LogP contribution >= 0.6 is 0 Å². The third-order valence-electron chi connectivity index (χ3n) is 6.95. The summed E-state index contributed by atoms with van der Waals surface area (Å²) in [7, 11) is -3.66. The van der Waals surface area contributed by atoms with Gasteiger partial charge in [0.2, 0.25) is 10.0 Å². The van der Waals surface area contributed by atoms with Crippen molar-refractivity contribution in [1.29, 1.82) is 0 Å². The van der Waals surface area contributed by atoms with E-state index in [1.807, 2.05) is 24.8 Å². The first kappa shape index (κ1) is 24.7. The highest BCUT2D eigenvalue weighted by molar-refractivity contribution is 7.89. The fourth-order valence-corrected chi connectivity index (χ4v) is 6.44. The second-order valence-electron chi connectivity index (χ2n) is 8.84. The molecule has 2 aromatic carbocycles. The maximum Gasteiger partial charge on any atom is 0.256 e. The lowest BCUT2D eigenvalue weighted by atomic mass is 9.89. The summed E-state index contributed by atoms with van der Waals surface area (Å²) in [5.74, 6) is 0.350. The van der Waals surface area contributed by atoms with Crippen molar-refractivity contribution in [3.63, 3.8) is 0 Å². The number of ether oxygens (including phenoxy) is 1. The number of sulfonamides is 1. The van der Waals surface area contributed by atoms with Crippen LogP contribution in [0.3, 0.4) is 0 Å². The highest BCUT2D eigenvalue weighted by Gasteiger charge is 2.30.